The van der Waals surface area contributed by atoms with E-state index in [9.17, 15) is 4.79 Å². The molecule has 0 bridgehead atoms. The van der Waals surface area contributed by atoms with Crippen LogP contribution in [0.15, 0.2) is 30.7 Å². The second-order valence-electron chi connectivity index (χ2n) is 5.75. The van der Waals surface area contributed by atoms with E-state index in [0.29, 0.717) is 19.0 Å². The summed E-state index contributed by atoms with van der Waals surface area (Å²) in [6, 6.07) is 3.92. The SMILES string of the molecule is Cc1ccc(CNC(=O)N2CCCC(c3ncc[nH]3)C2)nc1. The third kappa shape index (κ3) is 3.44. The molecule has 1 aliphatic rings. The molecule has 22 heavy (non-hydrogen) atoms. The van der Waals surface area contributed by atoms with Crippen molar-refractivity contribution in [1.82, 2.24) is 25.2 Å². The summed E-state index contributed by atoms with van der Waals surface area (Å²) in [5, 5.41) is 2.95. The van der Waals surface area contributed by atoms with E-state index in [-0.39, 0.29) is 6.03 Å². The molecule has 0 radical (unpaired) electrons. The predicted octanol–water partition coefficient (Wildman–Crippen LogP) is 2.20. The Labute approximate surface area is 130 Å². The largest absolute Gasteiger partial charge is 0.348 e. The molecule has 1 unspecified atom stereocenters. The van der Waals surface area contributed by atoms with Gasteiger partial charge in [-0.3, -0.25) is 4.98 Å². The fraction of sp³-hybridized carbons (Fsp3) is 0.438. The van der Waals surface area contributed by atoms with E-state index < -0.39 is 0 Å². The number of pyridine rings is 1. The van der Waals surface area contributed by atoms with Gasteiger partial charge in [-0.25, -0.2) is 9.78 Å². The van der Waals surface area contributed by atoms with Crippen molar-refractivity contribution in [3.05, 3.63) is 47.8 Å². The smallest absolute Gasteiger partial charge is 0.317 e. The number of imidazole rings is 1. The van der Waals surface area contributed by atoms with E-state index in [1.54, 1.807) is 6.20 Å². The topological polar surface area (TPSA) is 73.9 Å². The Morgan fingerprint density at radius 1 is 1.45 bits per heavy atom. The van der Waals surface area contributed by atoms with Crippen molar-refractivity contribution >= 4 is 6.03 Å². The summed E-state index contributed by atoms with van der Waals surface area (Å²) in [5.41, 5.74) is 1.99. The third-order valence-electron chi connectivity index (χ3n) is 4.01. The number of aryl methyl sites for hydroxylation is 1. The predicted molar refractivity (Wildman–Crippen MR) is 83.3 cm³/mol. The van der Waals surface area contributed by atoms with Crippen molar-refractivity contribution in [3.63, 3.8) is 0 Å². The number of aromatic amines is 1. The lowest BCUT2D eigenvalue weighted by atomic mass is 9.98. The number of hydrogen-bond acceptors (Lipinski definition) is 3. The number of hydrogen-bond donors (Lipinski definition) is 2. The minimum Gasteiger partial charge on any atom is -0.348 e. The van der Waals surface area contributed by atoms with Gasteiger partial charge in [-0.1, -0.05) is 6.07 Å². The van der Waals surface area contributed by atoms with Crippen LogP contribution in [-0.2, 0) is 6.54 Å². The number of rotatable bonds is 3. The van der Waals surface area contributed by atoms with E-state index in [4.69, 9.17) is 0 Å². The molecule has 2 aromatic heterocycles. The van der Waals surface area contributed by atoms with Gasteiger partial charge in [0.25, 0.3) is 0 Å². The van der Waals surface area contributed by atoms with Crippen LogP contribution in [-0.4, -0.2) is 39.0 Å². The molecular formula is C16H21N5O. The molecule has 3 rings (SSSR count). The molecule has 3 heterocycles. The fourth-order valence-electron chi connectivity index (χ4n) is 2.77. The first-order chi connectivity index (χ1) is 10.7. The molecule has 0 spiro atoms. The summed E-state index contributed by atoms with van der Waals surface area (Å²) in [4.78, 5) is 25.9. The number of amides is 2. The number of piperidine rings is 1. The molecule has 1 saturated heterocycles. The zero-order valence-electron chi connectivity index (χ0n) is 12.7. The van der Waals surface area contributed by atoms with Crippen molar-refractivity contribution < 1.29 is 4.79 Å². The fourth-order valence-corrected chi connectivity index (χ4v) is 2.77. The highest BCUT2D eigenvalue weighted by atomic mass is 16.2. The molecule has 2 aromatic rings. The maximum atomic E-state index is 12.3. The highest BCUT2D eigenvalue weighted by Crippen LogP contribution is 2.24. The number of aromatic nitrogens is 3. The van der Waals surface area contributed by atoms with Crippen molar-refractivity contribution in [2.75, 3.05) is 13.1 Å². The Morgan fingerprint density at radius 2 is 2.36 bits per heavy atom. The van der Waals surface area contributed by atoms with Gasteiger partial charge in [0.1, 0.15) is 5.82 Å². The zero-order chi connectivity index (χ0) is 15.4. The minimum absolute atomic E-state index is 0.0290. The summed E-state index contributed by atoms with van der Waals surface area (Å²) in [7, 11) is 0. The molecule has 6 nitrogen and oxygen atoms in total. The molecule has 1 aliphatic heterocycles. The van der Waals surface area contributed by atoms with Gasteiger partial charge in [0, 0.05) is 37.6 Å². The van der Waals surface area contributed by atoms with Crippen molar-refractivity contribution in [1.29, 1.82) is 0 Å². The van der Waals surface area contributed by atoms with E-state index in [2.05, 4.69) is 20.3 Å². The summed E-state index contributed by atoms with van der Waals surface area (Å²) in [6.45, 7) is 3.96. The zero-order valence-corrected chi connectivity index (χ0v) is 12.7. The third-order valence-corrected chi connectivity index (χ3v) is 4.01. The summed E-state index contributed by atoms with van der Waals surface area (Å²) >= 11 is 0. The number of carbonyl (C=O) groups excluding carboxylic acids is 1. The van der Waals surface area contributed by atoms with Crippen LogP contribution in [0.2, 0.25) is 0 Å². The number of carbonyl (C=O) groups is 1. The summed E-state index contributed by atoms with van der Waals surface area (Å²) < 4.78 is 0. The lowest BCUT2D eigenvalue weighted by molar-refractivity contribution is 0.178. The summed E-state index contributed by atoms with van der Waals surface area (Å²) in [6.07, 6.45) is 7.47. The van der Waals surface area contributed by atoms with E-state index >= 15 is 0 Å². The number of H-pyrrole nitrogens is 1. The number of nitrogens with zero attached hydrogens (tertiary/aromatic N) is 3. The second kappa shape index (κ2) is 6.60. The van der Waals surface area contributed by atoms with Crippen LogP contribution in [0, 0.1) is 6.92 Å². The van der Waals surface area contributed by atoms with Gasteiger partial charge in [-0.05, 0) is 31.4 Å². The minimum atomic E-state index is -0.0290. The highest BCUT2D eigenvalue weighted by Gasteiger charge is 2.25. The molecule has 2 N–H and O–H groups in total. The van der Waals surface area contributed by atoms with Crippen LogP contribution < -0.4 is 5.32 Å². The van der Waals surface area contributed by atoms with Crippen LogP contribution in [0.4, 0.5) is 4.79 Å². The number of urea groups is 1. The van der Waals surface area contributed by atoms with Gasteiger partial charge in [0.2, 0.25) is 0 Å². The average Bonchev–Trinajstić information content (AvgIpc) is 3.09. The van der Waals surface area contributed by atoms with Gasteiger partial charge in [0.15, 0.2) is 0 Å². The van der Waals surface area contributed by atoms with Crippen LogP contribution in [0.3, 0.4) is 0 Å². The molecule has 0 saturated carbocycles. The summed E-state index contributed by atoms with van der Waals surface area (Å²) in [5.74, 6) is 1.27. The molecular weight excluding hydrogens is 278 g/mol. The maximum Gasteiger partial charge on any atom is 0.317 e. The van der Waals surface area contributed by atoms with Crippen molar-refractivity contribution in [2.45, 2.75) is 32.2 Å². The van der Waals surface area contributed by atoms with Gasteiger partial charge in [-0.15, -0.1) is 0 Å². The number of nitrogens with one attached hydrogen (secondary N) is 2. The van der Waals surface area contributed by atoms with E-state index in [1.165, 1.54) is 0 Å². The molecule has 1 atom stereocenters. The Morgan fingerprint density at radius 3 is 3.09 bits per heavy atom. The molecule has 2 amide bonds. The molecule has 0 aromatic carbocycles. The van der Waals surface area contributed by atoms with Crippen LogP contribution in [0.25, 0.3) is 0 Å². The van der Waals surface area contributed by atoms with Gasteiger partial charge < -0.3 is 15.2 Å². The first kappa shape index (κ1) is 14.6. The van der Waals surface area contributed by atoms with E-state index in [0.717, 1.165) is 36.5 Å². The Bertz CT molecular complexity index is 608. The molecule has 1 fully saturated rings. The van der Waals surface area contributed by atoms with Crippen LogP contribution >= 0.6 is 0 Å². The molecule has 116 valence electrons. The molecule has 0 aliphatic carbocycles. The lowest BCUT2D eigenvalue weighted by Gasteiger charge is -2.31. The highest BCUT2D eigenvalue weighted by molar-refractivity contribution is 5.74. The maximum absolute atomic E-state index is 12.3. The van der Waals surface area contributed by atoms with Crippen LogP contribution in [0.1, 0.15) is 35.8 Å². The Balaban J connectivity index is 1.54. The monoisotopic (exact) mass is 299 g/mol. The van der Waals surface area contributed by atoms with Crippen molar-refractivity contribution in [3.8, 4) is 0 Å². The average molecular weight is 299 g/mol. The normalized spacial score (nSPS) is 18.2. The van der Waals surface area contributed by atoms with Gasteiger partial charge in [0.05, 0.1) is 12.2 Å². The lowest BCUT2D eigenvalue weighted by Crippen LogP contribution is -2.44. The number of likely N-dealkylation sites (tertiary alicyclic amines) is 1. The van der Waals surface area contributed by atoms with Crippen molar-refractivity contribution in [2.24, 2.45) is 0 Å². The quantitative estimate of drug-likeness (QED) is 0.912. The van der Waals surface area contributed by atoms with Gasteiger partial charge >= 0.3 is 6.03 Å². The Kier molecular flexibility index (Phi) is 4.37. The standard InChI is InChI=1S/C16H21N5O/c1-12-4-5-14(19-9-12)10-20-16(22)21-8-2-3-13(11-21)15-17-6-7-18-15/h4-7,9,13H,2-3,8,10-11H2,1H3,(H,17,18)(H,20,22). The van der Waals surface area contributed by atoms with Crippen LogP contribution in [0.5, 0.6) is 0 Å². The Hall–Kier alpha value is -2.37. The van der Waals surface area contributed by atoms with E-state index in [1.807, 2.05) is 36.4 Å². The molecule has 6 heteroatoms. The second-order valence-corrected chi connectivity index (χ2v) is 5.75. The van der Waals surface area contributed by atoms with Gasteiger partial charge in [-0.2, -0.15) is 0 Å². The first-order valence-corrected chi connectivity index (χ1v) is 7.66. The first-order valence-electron chi connectivity index (χ1n) is 7.66.